The third kappa shape index (κ3) is 7.40. The molecule has 0 spiro atoms. The minimum atomic E-state index is 0. The average molecular weight is 478 g/mol. The van der Waals surface area contributed by atoms with Gasteiger partial charge in [0, 0.05) is 0 Å². The van der Waals surface area contributed by atoms with Crippen molar-refractivity contribution >= 4 is 0 Å². The van der Waals surface area contributed by atoms with Gasteiger partial charge in [-0.3, -0.25) is 12.2 Å². The van der Waals surface area contributed by atoms with Gasteiger partial charge in [-0.25, -0.2) is 23.3 Å². The summed E-state index contributed by atoms with van der Waals surface area (Å²) in [4.78, 5) is 0. The van der Waals surface area contributed by atoms with E-state index in [1.54, 1.807) is 0 Å². The van der Waals surface area contributed by atoms with Crippen molar-refractivity contribution in [2.24, 2.45) is 0 Å². The molecule has 0 N–H and O–H groups in total. The second kappa shape index (κ2) is 12.3. The van der Waals surface area contributed by atoms with Crippen LogP contribution >= 0.6 is 0 Å². The van der Waals surface area contributed by atoms with Crippen LogP contribution in [0.2, 0.25) is 0 Å². The van der Waals surface area contributed by atoms with Crippen LogP contribution in [-0.4, -0.2) is 0 Å². The van der Waals surface area contributed by atoms with Gasteiger partial charge in [-0.15, -0.1) is 37.8 Å². The Kier molecular flexibility index (Phi) is 10.9. The van der Waals surface area contributed by atoms with Crippen LogP contribution in [0.25, 0.3) is 11.1 Å². The molecular formula is C27H27ClZr. The van der Waals surface area contributed by atoms with Crippen LogP contribution in [0.15, 0.2) is 65.8 Å². The zero-order chi connectivity index (χ0) is 19.2. The van der Waals surface area contributed by atoms with Gasteiger partial charge in [-0.1, -0.05) is 36.2 Å². The molecule has 3 aliphatic carbocycles. The minimum absolute atomic E-state index is 0. The first-order chi connectivity index (χ1) is 13.0. The molecule has 0 radical (unpaired) electrons. The number of halogens is 1. The Morgan fingerprint density at radius 2 is 1.34 bits per heavy atom. The number of rotatable bonds is 0. The molecular weight excluding hydrogens is 451 g/mol. The predicted octanol–water partition coefficient (Wildman–Crippen LogP) is 4.07. The summed E-state index contributed by atoms with van der Waals surface area (Å²) in [5.41, 5.74) is 10.8. The first-order valence-electron chi connectivity index (χ1n) is 9.61. The monoisotopic (exact) mass is 476 g/mol. The molecule has 3 aliphatic rings. The summed E-state index contributed by atoms with van der Waals surface area (Å²) < 4.78 is 0. The summed E-state index contributed by atoms with van der Waals surface area (Å²) in [7, 11) is 0. The van der Waals surface area contributed by atoms with Crippen molar-refractivity contribution in [2.75, 3.05) is 0 Å². The average Bonchev–Trinajstić information content (AvgIpc) is 3.36. The van der Waals surface area contributed by atoms with Crippen LogP contribution in [0.5, 0.6) is 0 Å². The second-order valence-corrected chi connectivity index (χ2v) is 7.37. The maximum absolute atomic E-state index is 3.45. The fraction of sp³-hybridized carbons (Fsp3) is 0.259. The van der Waals surface area contributed by atoms with Crippen LogP contribution in [0.1, 0.15) is 48.9 Å². The molecule has 0 heterocycles. The Labute approximate surface area is 202 Å². The van der Waals surface area contributed by atoms with Crippen LogP contribution in [0, 0.1) is 32.1 Å². The van der Waals surface area contributed by atoms with Gasteiger partial charge in [0.25, 0.3) is 0 Å². The van der Waals surface area contributed by atoms with E-state index in [-0.39, 0.29) is 38.6 Å². The van der Waals surface area contributed by atoms with Crippen LogP contribution < -0.4 is 12.4 Å². The molecule has 2 aromatic carbocycles. The van der Waals surface area contributed by atoms with Crippen LogP contribution in [0.3, 0.4) is 0 Å². The summed E-state index contributed by atoms with van der Waals surface area (Å²) in [5, 5.41) is 0. The molecule has 0 saturated heterocycles. The van der Waals surface area contributed by atoms with Gasteiger partial charge in [-0.2, -0.15) is 35.9 Å². The molecule has 5 rings (SSSR count). The minimum Gasteiger partial charge on any atom is -1.00 e. The van der Waals surface area contributed by atoms with Crippen LogP contribution in [-0.2, 0) is 32.6 Å². The number of benzene rings is 2. The fourth-order valence-corrected chi connectivity index (χ4v) is 3.37. The molecule has 0 amide bonds. The van der Waals surface area contributed by atoms with E-state index in [4.69, 9.17) is 0 Å². The van der Waals surface area contributed by atoms with E-state index < -0.39 is 0 Å². The maximum Gasteiger partial charge on any atom is 4.00 e. The Hall–Kier alpha value is -1.43. The van der Waals surface area contributed by atoms with E-state index in [1.165, 1.54) is 44.5 Å². The Balaban J connectivity index is 0.000000252. The zero-order valence-electron chi connectivity index (χ0n) is 17.7. The van der Waals surface area contributed by atoms with E-state index in [0.29, 0.717) is 0 Å². The van der Waals surface area contributed by atoms with E-state index in [2.05, 4.69) is 88.4 Å². The van der Waals surface area contributed by atoms with Gasteiger partial charge in [0.2, 0.25) is 0 Å². The third-order valence-corrected chi connectivity index (χ3v) is 4.83. The molecule has 0 aliphatic heterocycles. The molecule has 2 aromatic rings. The number of fused-ring (bicyclic) bond motifs is 3. The molecule has 0 fully saturated rings. The topological polar surface area (TPSA) is 0 Å². The smallest absolute Gasteiger partial charge is 1.00 e. The largest absolute Gasteiger partial charge is 4.00 e. The molecule has 0 unspecified atom stereocenters. The molecule has 2 heteroatoms. The predicted molar refractivity (Wildman–Crippen MR) is 115 cm³/mol. The van der Waals surface area contributed by atoms with Crippen LogP contribution in [0.4, 0.5) is 0 Å². The summed E-state index contributed by atoms with van der Waals surface area (Å²) in [6.45, 7) is 8.42. The van der Waals surface area contributed by atoms with Crippen molar-refractivity contribution in [3.63, 3.8) is 0 Å². The summed E-state index contributed by atoms with van der Waals surface area (Å²) in [6.07, 6.45) is 17.5. The van der Waals surface area contributed by atoms with Gasteiger partial charge in [-0.05, 0) is 18.9 Å². The molecule has 0 aromatic heterocycles. The van der Waals surface area contributed by atoms with E-state index in [0.717, 1.165) is 19.3 Å². The first-order valence-corrected chi connectivity index (χ1v) is 9.61. The standard InChI is InChI=1S/C15H13.2C6H7.ClH.Zr/c1-10-3-5-14-12(7-10)9-13-8-11(2)4-6-15(13)14;2*1-6-4-2-3-5-6;;/h3-7H,9H2,1-2H3;2*4-5H,2H2,1H3;1H;/q3*-1;;+4/p-1. The number of aryl methyl sites for hydroxylation is 2. The van der Waals surface area contributed by atoms with Crippen molar-refractivity contribution in [1.82, 2.24) is 0 Å². The molecule has 0 bridgehead atoms. The van der Waals surface area contributed by atoms with Crippen molar-refractivity contribution in [3.05, 3.63) is 106 Å². The van der Waals surface area contributed by atoms with Crippen molar-refractivity contribution < 1.29 is 38.6 Å². The number of hydrogen-bond acceptors (Lipinski definition) is 0. The molecule has 29 heavy (non-hydrogen) atoms. The summed E-state index contributed by atoms with van der Waals surface area (Å²) >= 11 is 0. The molecule has 146 valence electrons. The van der Waals surface area contributed by atoms with Crippen molar-refractivity contribution in [3.8, 4) is 11.1 Å². The van der Waals surface area contributed by atoms with Gasteiger partial charge < -0.3 is 12.4 Å². The summed E-state index contributed by atoms with van der Waals surface area (Å²) in [6, 6.07) is 14.5. The van der Waals surface area contributed by atoms with Crippen molar-refractivity contribution in [2.45, 2.75) is 47.0 Å². The quantitative estimate of drug-likeness (QED) is 0.428. The maximum atomic E-state index is 3.45. The molecule has 0 atom stereocenters. The summed E-state index contributed by atoms with van der Waals surface area (Å²) in [5.74, 6) is 0. The SMILES string of the molecule is CC1=CC[C-]=C1.CC1=CC[C-]=C1.Cc1[c-]c2c(cc1)-c1ccc(C)cc1C2.[Cl-].[Zr+4]. The fourth-order valence-electron chi connectivity index (χ4n) is 3.37. The zero-order valence-corrected chi connectivity index (χ0v) is 20.9. The number of hydrogen-bond donors (Lipinski definition) is 0. The van der Waals surface area contributed by atoms with E-state index >= 15 is 0 Å². The Bertz CT molecular complexity index is 862. The Morgan fingerprint density at radius 3 is 1.83 bits per heavy atom. The van der Waals surface area contributed by atoms with E-state index in [9.17, 15) is 0 Å². The number of allylic oxidation sites excluding steroid dienone is 8. The Morgan fingerprint density at radius 1 is 0.759 bits per heavy atom. The second-order valence-electron chi connectivity index (χ2n) is 7.37. The van der Waals surface area contributed by atoms with Gasteiger partial charge in [0.1, 0.15) is 0 Å². The van der Waals surface area contributed by atoms with E-state index in [1.807, 2.05) is 12.2 Å². The first kappa shape index (κ1) is 25.6. The van der Waals surface area contributed by atoms with Gasteiger partial charge in [0.05, 0.1) is 0 Å². The van der Waals surface area contributed by atoms with Gasteiger partial charge in [0.15, 0.2) is 0 Å². The van der Waals surface area contributed by atoms with Gasteiger partial charge >= 0.3 is 26.2 Å². The molecule has 0 saturated carbocycles. The normalized spacial score (nSPS) is 14.1. The molecule has 0 nitrogen and oxygen atoms in total. The third-order valence-electron chi connectivity index (χ3n) is 4.83. The van der Waals surface area contributed by atoms with Crippen molar-refractivity contribution in [1.29, 1.82) is 0 Å².